The molecule has 0 amide bonds. The van der Waals surface area contributed by atoms with E-state index in [9.17, 15) is 4.79 Å². The molecule has 0 aromatic heterocycles. The topological polar surface area (TPSA) is 59.0 Å². The van der Waals surface area contributed by atoms with E-state index in [1.807, 2.05) is 24.1 Å². The normalized spacial score (nSPS) is 10.1. The van der Waals surface area contributed by atoms with Gasteiger partial charge in [-0.25, -0.2) is 4.79 Å². The number of benzene rings is 1. The molecule has 0 aliphatic rings. The standard InChI is InChI=1S/C13H19NO4/c1-3-18-13(16)10-17-9-8-14(2)11-4-6-12(15)7-5-11/h4-7,15H,3,8-10H2,1-2H3. The fourth-order valence-corrected chi connectivity index (χ4v) is 1.40. The van der Waals surface area contributed by atoms with Crippen LogP contribution < -0.4 is 4.90 Å². The van der Waals surface area contributed by atoms with E-state index < -0.39 is 0 Å². The van der Waals surface area contributed by atoms with Gasteiger partial charge in [0.1, 0.15) is 12.4 Å². The van der Waals surface area contributed by atoms with Gasteiger partial charge in [0.05, 0.1) is 13.2 Å². The van der Waals surface area contributed by atoms with Crippen LogP contribution in [-0.4, -0.2) is 44.5 Å². The highest BCUT2D eigenvalue weighted by molar-refractivity contribution is 5.70. The van der Waals surface area contributed by atoms with Gasteiger partial charge < -0.3 is 19.5 Å². The summed E-state index contributed by atoms with van der Waals surface area (Å²) in [5, 5.41) is 9.17. The first-order chi connectivity index (χ1) is 8.63. The third-order valence-corrected chi connectivity index (χ3v) is 2.39. The van der Waals surface area contributed by atoms with Crippen molar-refractivity contribution >= 4 is 11.7 Å². The van der Waals surface area contributed by atoms with E-state index in [2.05, 4.69) is 0 Å². The van der Waals surface area contributed by atoms with Gasteiger partial charge in [0.25, 0.3) is 0 Å². The fraction of sp³-hybridized carbons (Fsp3) is 0.462. The second-order valence-corrected chi connectivity index (χ2v) is 3.80. The average Bonchev–Trinajstić information content (AvgIpc) is 2.35. The molecule has 18 heavy (non-hydrogen) atoms. The summed E-state index contributed by atoms with van der Waals surface area (Å²) in [6.07, 6.45) is 0. The molecule has 1 N–H and O–H groups in total. The van der Waals surface area contributed by atoms with Crippen molar-refractivity contribution in [3.63, 3.8) is 0 Å². The van der Waals surface area contributed by atoms with Gasteiger partial charge in [-0.15, -0.1) is 0 Å². The molecule has 0 bridgehead atoms. The Morgan fingerprint density at radius 3 is 2.61 bits per heavy atom. The predicted molar refractivity (Wildman–Crippen MR) is 68.8 cm³/mol. The summed E-state index contributed by atoms with van der Waals surface area (Å²) < 4.78 is 9.94. The van der Waals surface area contributed by atoms with Crippen LogP contribution in [0.3, 0.4) is 0 Å². The Bertz CT molecular complexity index is 364. The smallest absolute Gasteiger partial charge is 0.332 e. The Hall–Kier alpha value is -1.75. The van der Waals surface area contributed by atoms with Gasteiger partial charge >= 0.3 is 5.97 Å². The number of likely N-dealkylation sites (N-methyl/N-ethyl adjacent to an activating group) is 1. The molecule has 0 radical (unpaired) electrons. The van der Waals surface area contributed by atoms with Crippen LogP contribution in [-0.2, 0) is 14.3 Å². The van der Waals surface area contributed by atoms with Gasteiger partial charge in [-0.05, 0) is 31.2 Å². The van der Waals surface area contributed by atoms with E-state index in [4.69, 9.17) is 14.6 Å². The minimum atomic E-state index is -0.343. The van der Waals surface area contributed by atoms with Gasteiger partial charge in [-0.1, -0.05) is 0 Å². The zero-order valence-corrected chi connectivity index (χ0v) is 10.8. The molecule has 0 heterocycles. The minimum Gasteiger partial charge on any atom is -0.508 e. The Kier molecular flexibility index (Phi) is 6.00. The summed E-state index contributed by atoms with van der Waals surface area (Å²) in [5.74, 6) is -0.101. The highest BCUT2D eigenvalue weighted by atomic mass is 16.6. The van der Waals surface area contributed by atoms with Crippen LogP contribution in [0, 0.1) is 0 Å². The van der Waals surface area contributed by atoms with Gasteiger partial charge in [0.15, 0.2) is 0 Å². The van der Waals surface area contributed by atoms with Crippen molar-refractivity contribution in [1.29, 1.82) is 0 Å². The Labute approximate surface area is 107 Å². The Morgan fingerprint density at radius 1 is 1.33 bits per heavy atom. The van der Waals surface area contributed by atoms with E-state index in [-0.39, 0.29) is 18.3 Å². The molecule has 0 unspecified atom stereocenters. The monoisotopic (exact) mass is 253 g/mol. The number of carbonyl (C=O) groups is 1. The molecule has 0 saturated carbocycles. The summed E-state index contributed by atoms with van der Waals surface area (Å²) in [5.41, 5.74) is 0.979. The highest BCUT2D eigenvalue weighted by Gasteiger charge is 2.03. The van der Waals surface area contributed by atoms with Crippen LogP contribution in [0.15, 0.2) is 24.3 Å². The Morgan fingerprint density at radius 2 is 2.00 bits per heavy atom. The lowest BCUT2D eigenvalue weighted by molar-refractivity contribution is -0.148. The van der Waals surface area contributed by atoms with Crippen molar-refractivity contribution in [2.75, 3.05) is 38.3 Å². The number of phenolic OH excluding ortho intramolecular Hbond substituents is 1. The largest absolute Gasteiger partial charge is 0.508 e. The number of nitrogens with zero attached hydrogens (tertiary/aromatic N) is 1. The number of esters is 1. The number of rotatable bonds is 7. The van der Waals surface area contributed by atoms with E-state index >= 15 is 0 Å². The van der Waals surface area contributed by atoms with Crippen LogP contribution in [0.2, 0.25) is 0 Å². The second kappa shape index (κ2) is 7.55. The van der Waals surface area contributed by atoms with Crippen molar-refractivity contribution in [3.05, 3.63) is 24.3 Å². The molecule has 5 nitrogen and oxygen atoms in total. The number of hydrogen-bond donors (Lipinski definition) is 1. The third-order valence-electron chi connectivity index (χ3n) is 2.39. The van der Waals surface area contributed by atoms with Crippen molar-refractivity contribution < 1.29 is 19.4 Å². The number of aromatic hydroxyl groups is 1. The Balaban J connectivity index is 2.23. The number of phenols is 1. The van der Waals surface area contributed by atoms with Crippen molar-refractivity contribution in [3.8, 4) is 5.75 Å². The van der Waals surface area contributed by atoms with Crippen molar-refractivity contribution in [1.82, 2.24) is 0 Å². The van der Waals surface area contributed by atoms with Crippen LogP contribution >= 0.6 is 0 Å². The quantitative estimate of drug-likeness (QED) is 0.588. The fourth-order valence-electron chi connectivity index (χ4n) is 1.40. The molecule has 5 heteroatoms. The number of ether oxygens (including phenoxy) is 2. The maximum atomic E-state index is 11.0. The first-order valence-corrected chi connectivity index (χ1v) is 5.87. The zero-order chi connectivity index (χ0) is 13.4. The molecule has 0 spiro atoms. The van der Waals surface area contributed by atoms with Gasteiger partial charge in [0.2, 0.25) is 0 Å². The summed E-state index contributed by atoms with van der Waals surface area (Å²) in [4.78, 5) is 13.0. The molecular weight excluding hydrogens is 234 g/mol. The molecule has 0 fully saturated rings. The molecule has 100 valence electrons. The predicted octanol–water partition coefficient (Wildman–Crippen LogP) is 1.41. The first-order valence-electron chi connectivity index (χ1n) is 5.87. The SMILES string of the molecule is CCOC(=O)COCCN(C)c1ccc(O)cc1. The molecule has 0 aliphatic carbocycles. The summed E-state index contributed by atoms with van der Waals surface area (Å²) in [6.45, 7) is 3.21. The van der Waals surface area contributed by atoms with Crippen LogP contribution in [0.4, 0.5) is 5.69 Å². The number of anilines is 1. The zero-order valence-electron chi connectivity index (χ0n) is 10.8. The van der Waals surface area contributed by atoms with E-state index in [1.165, 1.54) is 0 Å². The maximum absolute atomic E-state index is 11.0. The molecule has 1 aromatic carbocycles. The van der Waals surface area contributed by atoms with Crippen molar-refractivity contribution in [2.45, 2.75) is 6.92 Å². The minimum absolute atomic E-state index is 0.0166. The summed E-state index contributed by atoms with van der Waals surface area (Å²) in [7, 11) is 1.92. The summed E-state index contributed by atoms with van der Waals surface area (Å²) >= 11 is 0. The van der Waals surface area contributed by atoms with Crippen LogP contribution in [0.5, 0.6) is 5.75 Å². The molecular formula is C13H19NO4. The van der Waals surface area contributed by atoms with Gasteiger partial charge in [-0.2, -0.15) is 0 Å². The van der Waals surface area contributed by atoms with Crippen molar-refractivity contribution in [2.24, 2.45) is 0 Å². The number of hydrogen-bond acceptors (Lipinski definition) is 5. The molecule has 1 aromatic rings. The van der Waals surface area contributed by atoms with Crippen LogP contribution in [0.25, 0.3) is 0 Å². The van der Waals surface area contributed by atoms with Gasteiger partial charge in [-0.3, -0.25) is 0 Å². The number of carbonyl (C=O) groups excluding carboxylic acids is 1. The van der Waals surface area contributed by atoms with Crippen LogP contribution in [0.1, 0.15) is 6.92 Å². The maximum Gasteiger partial charge on any atom is 0.332 e. The molecule has 0 aliphatic heterocycles. The highest BCUT2D eigenvalue weighted by Crippen LogP contribution is 2.16. The lowest BCUT2D eigenvalue weighted by atomic mass is 10.3. The lowest BCUT2D eigenvalue weighted by Gasteiger charge is -2.19. The van der Waals surface area contributed by atoms with E-state index in [0.717, 1.165) is 5.69 Å². The van der Waals surface area contributed by atoms with Gasteiger partial charge in [0, 0.05) is 19.3 Å². The molecule has 1 rings (SSSR count). The first kappa shape index (κ1) is 14.3. The molecule has 0 saturated heterocycles. The van der Waals surface area contributed by atoms with E-state index in [1.54, 1.807) is 19.1 Å². The lowest BCUT2D eigenvalue weighted by Crippen LogP contribution is -2.24. The summed E-state index contributed by atoms with van der Waals surface area (Å²) in [6, 6.07) is 6.90. The third kappa shape index (κ3) is 5.05. The molecule has 0 atom stereocenters. The van der Waals surface area contributed by atoms with E-state index in [0.29, 0.717) is 19.8 Å². The second-order valence-electron chi connectivity index (χ2n) is 3.80. The average molecular weight is 253 g/mol.